The van der Waals surface area contributed by atoms with E-state index in [1.54, 1.807) is 35.3 Å². The number of nitro groups is 1. The predicted molar refractivity (Wildman–Crippen MR) is 50.2 cm³/mol. The van der Waals surface area contributed by atoms with Crippen LogP contribution in [0.4, 0.5) is 5.69 Å². The fraction of sp³-hybridized carbons (Fsp3) is 0. The van der Waals surface area contributed by atoms with Gasteiger partial charge in [-0.15, -0.1) is 0 Å². The molecule has 0 aliphatic carbocycles. The molecule has 2 aromatic rings. The summed E-state index contributed by atoms with van der Waals surface area (Å²) in [6, 6.07) is 8.09. The Balaban J connectivity index is 2.46. The Morgan fingerprint density at radius 2 is 2.21 bits per heavy atom. The van der Waals surface area contributed by atoms with E-state index in [9.17, 15) is 10.1 Å². The van der Waals surface area contributed by atoms with Crippen LogP contribution in [0.5, 0.6) is 0 Å². The molecule has 14 heavy (non-hydrogen) atoms. The van der Waals surface area contributed by atoms with Gasteiger partial charge in [0.2, 0.25) is 0 Å². The van der Waals surface area contributed by atoms with Crippen molar-refractivity contribution in [3.63, 3.8) is 0 Å². The Kier molecular flexibility index (Phi) is 1.98. The van der Waals surface area contributed by atoms with E-state index in [4.69, 9.17) is 0 Å². The number of nitrogens with zero attached hydrogens (tertiary/aromatic N) is 3. The SMILES string of the molecule is O=[N+]([O-])c1cccc(-n2cccn2)c1. The van der Waals surface area contributed by atoms with E-state index in [0.717, 1.165) is 0 Å². The first-order chi connectivity index (χ1) is 6.77. The Morgan fingerprint density at radius 3 is 2.86 bits per heavy atom. The summed E-state index contributed by atoms with van der Waals surface area (Å²) in [5.74, 6) is 0. The summed E-state index contributed by atoms with van der Waals surface area (Å²) in [6.07, 6.45) is 3.36. The molecule has 0 aliphatic rings. The Bertz CT molecular complexity index is 451. The van der Waals surface area contributed by atoms with Gasteiger partial charge in [0.05, 0.1) is 10.6 Å². The van der Waals surface area contributed by atoms with Crippen molar-refractivity contribution in [2.24, 2.45) is 0 Å². The molecular weight excluding hydrogens is 182 g/mol. The number of non-ortho nitro benzene ring substituents is 1. The molecule has 0 amide bonds. The Labute approximate surface area is 79.7 Å². The van der Waals surface area contributed by atoms with Crippen LogP contribution in [0.2, 0.25) is 0 Å². The van der Waals surface area contributed by atoms with Crippen molar-refractivity contribution < 1.29 is 4.92 Å². The van der Waals surface area contributed by atoms with Gasteiger partial charge >= 0.3 is 0 Å². The van der Waals surface area contributed by atoms with E-state index in [1.807, 2.05) is 0 Å². The average molecular weight is 189 g/mol. The number of benzene rings is 1. The first kappa shape index (κ1) is 8.43. The van der Waals surface area contributed by atoms with Crippen LogP contribution in [0, 0.1) is 10.1 Å². The van der Waals surface area contributed by atoms with E-state index >= 15 is 0 Å². The van der Waals surface area contributed by atoms with Crippen LogP contribution in [0.25, 0.3) is 5.69 Å². The number of hydrogen-bond acceptors (Lipinski definition) is 3. The van der Waals surface area contributed by atoms with E-state index in [0.29, 0.717) is 5.69 Å². The van der Waals surface area contributed by atoms with Crippen molar-refractivity contribution in [3.05, 3.63) is 52.8 Å². The van der Waals surface area contributed by atoms with Crippen LogP contribution < -0.4 is 0 Å². The van der Waals surface area contributed by atoms with Crippen LogP contribution in [-0.2, 0) is 0 Å². The fourth-order valence-electron chi connectivity index (χ4n) is 1.17. The maximum atomic E-state index is 10.5. The molecule has 0 bridgehead atoms. The summed E-state index contributed by atoms with van der Waals surface area (Å²) in [5.41, 5.74) is 0.752. The number of rotatable bonds is 2. The summed E-state index contributed by atoms with van der Waals surface area (Å²) in [4.78, 5) is 10.1. The first-order valence-electron chi connectivity index (χ1n) is 4.02. The highest BCUT2D eigenvalue weighted by molar-refractivity contribution is 5.42. The maximum Gasteiger partial charge on any atom is 0.271 e. The Morgan fingerprint density at radius 1 is 1.36 bits per heavy atom. The van der Waals surface area contributed by atoms with Crippen LogP contribution in [-0.4, -0.2) is 14.7 Å². The monoisotopic (exact) mass is 189 g/mol. The van der Waals surface area contributed by atoms with Crippen molar-refractivity contribution >= 4 is 5.69 Å². The molecule has 0 N–H and O–H groups in total. The van der Waals surface area contributed by atoms with Gasteiger partial charge in [0.1, 0.15) is 0 Å². The zero-order valence-electron chi connectivity index (χ0n) is 7.20. The van der Waals surface area contributed by atoms with Gasteiger partial charge in [-0.05, 0) is 12.1 Å². The second-order valence-corrected chi connectivity index (χ2v) is 2.73. The summed E-state index contributed by atoms with van der Waals surface area (Å²) in [5, 5.41) is 14.5. The molecule has 70 valence electrons. The highest BCUT2D eigenvalue weighted by atomic mass is 16.6. The van der Waals surface area contributed by atoms with Crippen molar-refractivity contribution in [3.8, 4) is 5.69 Å². The molecule has 5 nitrogen and oxygen atoms in total. The Hall–Kier alpha value is -2.17. The topological polar surface area (TPSA) is 61.0 Å². The average Bonchev–Trinajstić information content (AvgIpc) is 2.71. The van der Waals surface area contributed by atoms with Gasteiger partial charge in [0.15, 0.2) is 0 Å². The van der Waals surface area contributed by atoms with Crippen molar-refractivity contribution in [2.75, 3.05) is 0 Å². The molecule has 0 saturated carbocycles. The predicted octanol–water partition coefficient (Wildman–Crippen LogP) is 1.78. The van der Waals surface area contributed by atoms with Crippen LogP contribution in [0.1, 0.15) is 0 Å². The minimum absolute atomic E-state index is 0.0676. The summed E-state index contributed by atoms with van der Waals surface area (Å²) >= 11 is 0. The third-order valence-electron chi connectivity index (χ3n) is 1.81. The molecule has 5 heteroatoms. The molecule has 1 aromatic carbocycles. The third kappa shape index (κ3) is 1.47. The lowest BCUT2D eigenvalue weighted by atomic mass is 10.3. The van der Waals surface area contributed by atoms with Crippen molar-refractivity contribution in [1.82, 2.24) is 9.78 Å². The van der Waals surface area contributed by atoms with Crippen LogP contribution in [0.3, 0.4) is 0 Å². The second-order valence-electron chi connectivity index (χ2n) is 2.73. The van der Waals surface area contributed by atoms with Gasteiger partial charge in [-0.3, -0.25) is 10.1 Å². The zero-order valence-corrected chi connectivity index (χ0v) is 7.20. The van der Waals surface area contributed by atoms with Crippen LogP contribution >= 0.6 is 0 Å². The minimum Gasteiger partial charge on any atom is -0.258 e. The molecule has 0 unspecified atom stereocenters. The lowest BCUT2D eigenvalue weighted by molar-refractivity contribution is -0.384. The molecule has 0 radical (unpaired) electrons. The molecular formula is C9H7N3O2. The smallest absolute Gasteiger partial charge is 0.258 e. The standard InChI is InChI=1S/C9H7N3O2/c13-12(14)9-4-1-3-8(7-9)11-6-2-5-10-11/h1-7H. The molecule has 0 spiro atoms. The largest absolute Gasteiger partial charge is 0.271 e. The highest BCUT2D eigenvalue weighted by Gasteiger charge is 2.06. The quantitative estimate of drug-likeness (QED) is 0.534. The van der Waals surface area contributed by atoms with Gasteiger partial charge in [-0.1, -0.05) is 6.07 Å². The van der Waals surface area contributed by atoms with Gasteiger partial charge in [-0.25, -0.2) is 4.68 Å². The summed E-state index contributed by atoms with van der Waals surface area (Å²) in [6.45, 7) is 0. The normalized spacial score (nSPS) is 10.0. The van der Waals surface area contributed by atoms with E-state index < -0.39 is 4.92 Å². The molecule has 0 atom stereocenters. The van der Waals surface area contributed by atoms with Gasteiger partial charge in [0, 0.05) is 24.5 Å². The molecule has 2 rings (SSSR count). The van der Waals surface area contributed by atoms with E-state index in [-0.39, 0.29) is 5.69 Å². The van der Waals surface area contributed by atoms with Gasteiger partial charge < -0.3 is 0 Å². The second kappa shape index (κ2) is 3.29. The molecule has 1 aromatic heterocycles. The van der Waals surface area contributed by atoms with Crippen molar-refractivity contribution in [2.45, 2.75) is 0 Å². The molecule has 0 aliphatic heterocycles. The first-order valence-corrected chi connectivity index (χ1v) is 4.02. The number of hydrogen-bond donors (Lipinski definition) is 0. The molecule has 0 fully saturated rings. The lowest BCUT2D eigenvalue weighted by Gasteiger charge is -1.99. The third-order valence-corrected chi connectivity index (χ3v) is 1.81. The van der Waals surface area contributed by atoms with Gasteiger partial charge in [-0.2, -0.15) is 5.10 Å². The lowest BCUT2D eigenvalue weighted by Crippen LogP contribution is -1.95. The minimum atomic E-state index is -0.424. The molecule has 1 heterocycles. The maximum absolute atomic E-state index is 10.5. The molecule has 0 saturated heterocycles. The highest BCUT2D eigenvalue weighted by Crippen LogP contribution is 2.15. The fourth-order valence-corrected chi connectivity index (χ4v) is 1.17. The summed E-state index contributed by atoms with van der Waals surface area (Å²) < 4.78 is 1.58. The van der Waals surface area contributed by atoms with E-state index in [1.165, 1.54) is 12.1 Å². The van der Waals surface area contributed by atoms with E-state index in [2.05, 4.69) is 5.10 Å². The van der Waals surface area contributed by atoms with Crippen molar-refractivity contribution in [1.29, 1.82) is 0 Å². The number of nitro benzene ring substituents is 1. The van der Waals surface area contributed by atoms with Gasteiger partial charge in [0.25, 0.3) is 5.69 Å². The van der Waals surface area contributed by atoms with Crippen LogP contribution in [0.15, 0.2) is 42.7 Å². The number of aromatic nitrogens is 2. The summed E-state index contributed by atoms with van der Waals surface area (Å²) in [7, 11) is 0. The zero-order chi connectivity index (χ0) is 9.97.